The van der Waals surface area contributed by atoms with Crippen molar-refractivity contribution in [1.29, 1.82) is 0 Å². The molecule has 0 fully saturated rings. The lowest BCUT2D eigenvalue weighted by Crippen LogP contribution is -2.32. The first kappa shape index (κ1) is 16.7. The van der Waals surface area contributed by atoms with Crippen LogP contribution in [-0.4, -0.2) is 17.6 Å². The maximum absolute atomic E-state index is 13.6. The molecule has 20 heavy (non-hydrogen) atoms. The molecule has 112 valence electrons. The summed E-state index contributed by atoms with van der Waals surface area (Å²) in [4.78, 5) is 0. The molecule has 1 rings (SSSR count). The molecule has 0 radical (unpaired) electrons. The summed E-state index contributed by atoms with van der Waals surface area (Å²) in [6.07, 6.45) is 1.24. The van der Waals surface area contributed by atoms with Gasteiger partial charge < -0.3 is 16.3 Å². The number of nitrogens with two attached hydrogens (primary N) is 1. The van der Waals surface area contributed by atoms with Crippen LogP contribution >= 0.6 is 15.9 Å². The average molecular weight is 350 g/mol. The number of halogens is 3. The van der Waals surface area contributed by atoms with Crippen LogP contribution in [0.2, 0.25) is 0 Å². The van der Waals surface area contributed by atoms with Crippen LogP contribution in [-0.2, 0) is 0 Å². The third-order valence-corrected chi connectivity index (χ3v) is 3.55. The van der Waals surface area contributed by atoms with Crippen LogP contribution < -0.4 is 11.1 Å². The Balaban J connectivity index is 2.54. The summed E-state index contributed by atoms with van der Waals surface area (Å²) < 4.78 is 27.5. The van der Waals surface area contributed by atoms with Gasteiger partial charge in [0.15, 0.2) is 0 Å². The number of amidine groups is 1. The molecule has 0 spiro atoms. The molecule has 0 unspecified atom stereocenters. The summed E-state index contributed by atoms with van der Waals surface area (Å²) in [7, 11) is 0. The van der Waals surface area contributed by atoms with Crippen molar-refractivity contribution in [2.24, 2.45) is 16.3 Å². The molecule has 0 saturated carbocycles. The number of anilines is 1. The van der Waals surface area contributed by atoms with Crippen molar-refractivity contribution in [2.45, 2.75) is 26.7 Å². The van der Waals surface area contributed by atoms with Gasteiger partial charge in [-0.05, 0) is 25.0 Å². The summed E-state index contributed by atoms with van der Waals surface area (Å²) in [6.45, 7) is 4.06. The van der Waals surface area contributed by atoms with E-state index in [0.717, 1.165) is 0 Å². The zero-order valence-corrected chi connectivity index (χ0v) is 13.0. The second-order valence-electron chi connectivity index (χ2n) is 5.14. The lowest BCUT2D eigenvalue weighted by Gasteiger charge is -2.22. The van der Waals surface area contributed by atoms with Gasteiger partial charge in [0, 0.05) is 16.4 Å². The number of hydrogen-bond acceptors (Lipinski definition) is 3. The lowest BCUT2D eigenvalue weighted by molar-refractivity contribution is 0.305. The number of nitrogens with one attached hydrogen (secondary N) is 1. The third kappa shape index (κ3) is 4.33. The Labute approximate surface area is 125 Å². The molecule has 0 aromatic heterocycles. The normalized spacial score (nSPS) is 12.6. The van der Waals surface area contributed by atoms with Crippen molar-refractivity contribution in [2.75, 3.05) is 11.9 Å². The Morgan fingerprint density at radius 3 is 2.45 bits per heavy atom. The molecule has 0 bridgehead atoms. The first-order valence-corrected chi connectivity index (χ1v) is 6.93. The number of oxime groups is 1. The van der Waals surface area contributed by atoms with Crippen LogP contribution in [0.15, 0.2) is 21.8 Å². The fourth-order valence-corrected chi connectivity index (χ4v) is 2.12. The zero-order valence-electron chi connectivity index (χ0n) is 11.4. The molecule has 4 nitrogen and oxygen atoms in total. The van der Waals surface area contributed by atoms with Crippen LogP contribution in [0.4, 0.5) is 14.5 Å². The van der Waals surface area contributed by atoms with E-state index in [2.05, 4.69) is 26.4 Å². The van der Waals surface area contributed by atoms with E-state index in [4.69, 9.17) is 10.9 Å². The van der Waals surface area contributed by atoms with Crippen LogP contribution in [0.1, 0.15) is 26.7 Å². The maximum Gasteiger partial charge on any atom is 0.150 e. The number of benzene rings is 1. The Bertz CT molecular complexity index is 483. The van der Waals surface area contributed by atoms with Crippen molar-refractivity contribution in [3.63, 3.8) is 0 Å². The molecule has 0 aliphatic rings. The minimum absolute atomic E-state index is 0.138. The fraction of sp³-hybridized carbons (Fsp3) is 0.462. The van der Waals surface area contributed by atoms with Gasteiger partial charge in [0.25, 0.3) is 0 Å². The van der Waals surface area contributed by atoms with Gasteiger partial charge in [-0.1, -0.05) is 34.9 Å². The third-order valence-electron chi connectivity index (χ3n) is 3.09. The highest BCUT2D eigenvalue weighted by atomic mass is 79.9. The molecule has 4 N–H and O–H groups in total. The first-order chi connectivity index (χ1) is 9.27. The molecule has 7 heteroatoms. The van der Waals surface area contributed by atoms with Crippen LogP contribution in [0.25, 0.3) is 0 Å². The highest BCUT2D eigenvalue weighted by molar-refractivity contribution is 9.10. The first-order valence-electron chi connectivity index (χ1n) is 6.14. The number of hydrogen-bond donors (Lipinski definition) is 3. The van der Waals surface area contributed by atoms with Crippen molar-refractivity contribution in [1.82, 2.24) is 0 Å². The molecule has 0 heterocycles. The highest BCUT2D eigenvalue weighted by Gasteiger charge is 2.22. The fourth-order valence-electron chi connectivity index (χ4n) is 1.72. The average Bonchev–Trinajstić information content (AvgIpc) is 2.35. The van der Waals surface area contributed by atoms with Gasteiger partial charge in [0.2, 0.25) is 0 Å². The monoisotopic (exact) mass is 349 g/mol. The Kier molecular flexibility index (Phi) is 5.74. The summed E-state index contributed by atoms with van der Waals surface area (Å²) in [5.74, 6) is -1.15. The van der Waals surface area contributed by atoms with Crippen molar-refractivity contribution in [3.8, 4) is 0 Å². The van der Waals surface area contributed by atoms with Crippen molar-refractivity contribution < 1.29 is 14.0 Å². The van der Waals surface area contributed by atoms with E-state index in [-0.39, 0.29) is 11.5 Å². The van der Waals surface area contributed by atoms with Gasteiger partial charge in [0.1, 0.15) is 23.2 Å². The van der Waals surface area contributed by atoms with Gasteiger partial charge in [-0.3, -0.25) is 0 Å². The van der Waals surface area contributed by atoms with Gasteiger partial charge >= 0.3 is 0 Å². The smallest absolute Gasteiger partial charge is 0.150 e. The molecule has 1 aromatic rings. The van der Waals surface area contributed by atoms with E-state index < -0.39 is 17.0 Å². The minimum atomic E-state index is -0.646. The SMILES string of the molecule is CC(C)(CCCNc1c(F)cc(Br)cc1F)C(N)=NO. The zero-order chi connectivity index (χ0) is 15.3. The molecule has 1 aromatic carbocycles. The Morgan fingerprint density at radius 1 is 1.40 bits per heavy atom. The van der Waals surface area contributed by atoms with Gasteiger partial charge in [-0.15, -0.1) is 0 Å². The van der Waals surface area contributed by atoms with E-state index in [0.29, 0.717) is 23.9 Å². The highest BCUT2D eigenvalue weighted by Crippen LogP contribution is 2.25. The molecular formula is C13H18BrF2N3O. The van der Waals surface area contributed by atoms with Gasteiger partial charge in [-0.2, -0.15) is 0 Å². The topological polar surface area (TPSA) is 70.6 Å². The van der Waals surface area contributed by atoms with Crippen LogP contribution in [0.3, 0.4) is 0 Å². The maximum atomic E-state index is 13.6. The van der Waals surface area contributed by atoms with E-state index in [9.17, 15) is 8.78 Å². The molecule has 0 saturated heterocycles. The molecule has 0 aliphatic heterocycles. The van der Waals surface area contributed by atoms with E-state index >= 15 is 0 Å². The number of rotatable bonds is 6. The quantitative estimate of drug-likeness (QED) is 0.241. The van der Waals surface area contributed by atoms with E-state index in [1.807, 2.05) is 13.8 Å². The molecular weight excluding hydrogens is 332 g/mol. The molecule has 0 atom stereocenters. The van der Waals surface area contributed by atoms with Crippen LogP contribution in [0.5, 0.6) is 0 Å². The summed E-state index contributed by atoms with van der Waals surface area (Å²) >= 11 is 3.02. The van der Waals surface area contributed by atoms with Crippen molar-refractivity contribution >= 4 is 27.5 Å². The van der Waals surface area contributed by atoms with E-state index in [1.54, 1.807) is 0 Å². The summed E-state index contributed by atoms with van der Waals surface area (Å²) in [5, 5.41) is 14.4. The summed E-state index contributed by atoms with van der Waals surface area (Å²) in [5.41, 5.74) is 4.95. The Morgan fingerprint density at radius 2 is 1.95 bits per heavy atom. The van der Waals surface area contributed by atoms with E-state index in [1.165, 1.54) is 12.1 Å². The van der Waals surface area contributed by atoms with Crippen molar-refractivity contribution in [3.05, 3.63) is 28.2 Å². The second-order valence-corrected chi connectivity index (χ2v) is 6.06. The standard InChI is InChI=1S/C13H18BrF2N3O/c1-13(2,12(17)19-20)4-3-5-18-11-9(15)6-8(14)7-10(11)16/h6-7,18,20H,3-5H2,1-2H3,(H2,17,19). The predicted molar refractivity (Wildman–Crippen MR) is 79.0 cm³/mol. The molecule has 0 amide bonds. The number of nitrogens with zero attached hydrogens (tertiary/aromatic N) is 1. The predicted octanol–water partition coefficient (Wildman–Crippen LogP) is 3.69. The largest absolute Gasteiger partial charge is 0.409 e. The van der Waals surface area contributed by atoms with Crippen LogP contribution in [0, 0.1) is 17.0 Å². The second kappa shape index (κ2) is 6.88. The van der Waals surface area contributed by atoms with Gasteiger partial charge in [-0.25, -0.2) is 8.78 Å². The minimum Gasteiger partial charge on any atom is -0.409 e. The molecule has 0 aliphatic carbocycles. The lowest BCUT2D eigenvalue weighted by atomic mass is 9.86. The van der Waals surface area contributed by atoms with Gasteiger partial charge in [0.05, 0.1) is 0 Å². The Hall–Kier alpha value is -1.37. The summed E-state index contributed by atoms with van der Waals surface area (Å²) in [6, 6.07) is 2.40.